The zero-order valence-corrected chi connectivity index (χ0v) is 14.2. The van der Waals surface area contributed by atoms with E-state index in [-0.39, 0.29) is 5.91 Å². The highest BCUT2D eigenvalue weighted by Gasteiger charge is 2.37. The molecular weight excluding hydrogens is 314 g/mol. The molecule has 3 rings (SSSR count). The first-order valence-electron chi connectivity index (χ1n) is 7.64. The van der Waals surface area contributed by atoms with Crippen molar-refractivity contribution in [3.05, 3.63) is 40.7 Å². The van der Waals surface area contributed by atoms with Gasteiger partial charge in [-0.15, -0.1) is 0 Å². The highest BCUT2D eigenvalue weighted by molar-refractivity contribution is 8.26. The molecule has 1 saturated carbocycles. The molecule has 116 valence electrons. The van der Waals surface area contributed by atoms with Crippen LogP contribution in [0.4, 0.5) is 0 Å². The summed E-state index contributed by atoms with van der Waals surface area (Å²) in [4.78, 5) is 15.2. The van der Waals surface area contributed by atoms with Gasteiger partial charge in [-0.25, -0.2) is 0 Å². The highest BCUT2D eigenvalue weighted by atomic mass is 32.2. The van der Waals surface area contributed by atoms with E-state index >= 15 is 0 Å². The van der Waals surface area contributed by atoms with E-state index < -0.39 is 0 Å². The zero-order chi connectivity index (χ0) is 15.5. The minimum Gasteiger partial charge on any atom is -0.465 e. The van der Waals surface area contributed by atoms with Crippen LogP contribution in [0, 0.1) is 0 Å². The van der Waals surface area contributed by atoms with Gasteiger partial charge < -0.3 is 4.42 Å². The number of carbonyl (C=O) groups is 1. The number of allylic oxidation sites excluding steroid dienone is 2. The Morgan fingerprint density at radius 1 is 1.41 bits per heavy atom. The molecular formula is C17H19NO2S2. The third-order valence-corrected chi connectivity index (χ3v) is 5.37. The van der Waals surface area contributed by atoms with Crippen molar-refractivity contribution in [2.75, 3.05) is 0 Å². The molecule has 0 aromatic carbocycles. The van der Waals surface area contributed by atoms with Crippen LogP contribution in [0.5, 0.6) is 0 Å². The van der Waals surface area contributed by atoms with Crippen molar-refractivity contribution in [1.29, 1.82) is 0 Å². The van der Waals surface area contributed by atoms with E-state index in [1.54, 1.807) is 6.26 Å². The van der Waals surface area contributed by atoms with Crippen molar-refractivity contribution >= 4 is 40.3 Å². The third-order valence-electron chi connectivity index (χ3n) is 4.04. The SMILES string of the molecule is CC(=Cc1ccco1)C=C1SC(=S)N(C2CCCCC2)C1=O. The number of furan rings is 1. The Balaban J connectivity index is 1.76. The van der Waals surface area contributed by atoms with Gasteiger partial charge in [-0.05, 0) is 49.6 Å². The molecule has 1 amide bonds. The number of hydrogen-bond acceptors (Lipinski definition) is 4. The maximum absolute atomic E-state index is 12.7. The summed E-state index contributed by atoms with van der Waals surface area (Å²) in [6.45, 7) is 1.97. The molecule has 22 heavy (non-hydrogen) atoms. The monoisotopic (exact) mass is 333 g/mol. The summed E-state index contributed by atoms with van der Waals surface area (Å²) in [5, 5.41) is 0. The molecule has 5 heteroatoms. The van der Waals surface area contributed by atoms with Crippen LogP contribution < -0.4 is 0 Å². The molecule has 0 atom stereocenters. The standard InChI is InChI=1S/C17H19NO2S2/c1-12(10-14-8-5-9-20-14)11-15-16(19)18(17(21)22-15)13-6-3-2-4-7-13/h5,8-11,13H,2-4,6-7H2,1H3. The summed E-state index contributed by atoms with van der Waals surface area (Å²) < 4.78 is 6.00. The normalized spacial score (nSPS) is 22.9. The van der Waals surface area contributed by atoms with Gasteiger partial charge in [0.25, 0.3) is 5.91 Å². The first kappa shape index (κ1) is 15.6. The topological polar surface area (TPSA) is 33.5 Å². The van der Waals surface area contributed by atoms with E-state index in [2.05, 4.69) is 0 Å². The van der Waals surface area contributed by atoms with Gasteiger partial charge in [0.2, 0.25) is 0 Å². The minimum atomic E-state index is 0.0640. The Kier molecular flexibility index (Phi) is 4.84. The molecule has 1 aromatic rings. The van der Waals surface area contributed by atoms with Gasteiger partial charge in [0.15, 0.2) is 0 Å². The molecule has 1 aliphatic heterocycles. The Morgan fingerprint density at radius 2 is 2.18 bits per heavy atom. The lowest BCUT2D eigenvalue weighted by Crippen LogP contribution is -2.39. The second-order valence-electron chi connectivity index (χ2n) is 5.75. The van der Waals surface area contributed by atoms with Crippen LogP contribution in [-0.2, 0) is 4.79 Å². The van der Waals surface area contributed by atoms with Gasteiger partial charge in [0, 0.05) is 6.04 Å². The predicted octanol–water partition coefficient (Wildman–Crippen LogP) is 4.76. The summed E-state index contributed by atoms with van der Waals surface area (Å²) in [5.41, 5.74) is 0.985. The van der Waals surface area contributed by atoms with E-state index in [9.17, 15) is 4.79 Å². The van der Waals surface area contributed by atoms with E-state index in [1.165, 1.54) is 31.0 Å². The van der Waals surface area contributed by atoms with Gasteiger partial charge in [0.05, 0.1) is 11.2 Å². The number of carbonyl (C=O) groups excluding carboxylic acids is 1. The molecule has 1 aliphatic carbocycles. The van der Waals surface area contributed by atoms with Crippen LogP contribution in [0.3, 0.4) is 0 Å². The van der Waals surface area contributed by atoms with Gasteiger partial charge in [-0.3, -0.25) is 9.69 Å². The van der Waals surface area contributed by atoms with Crippen LogP contribution in [0.1, 0.15) is 44.8 Å². The third kappa shape index (κ3) is 3.36. The minimum absolute atomic E-state index is 0.0640. The van der Waals surface area contributed by atoms with Crippen LogP contribution in [0.15, 0.2) is 39.4 Å². The molecule has 0 bridgehead atoms. The molecule has 2 heterocycles. The fourth-order valence-corrected chi connectivity index (χ4v) is 4.43. The maximum Gasteiger partial charge on any atom is 0.266 e. The van der Waals surface area contributed by atoms with Crippen molar-refractivity contribution in [2.45, 2.75) is 45.1 Å². The van der Waals surface area contributed by atoms with Gasteiger partial charge in [-0.2, -0.15) is 0 Å². The predicted molar refractivity (Wildman–Crippen MR) is 94.4 cm³/mol. The molecule has 0 spiro atoms. The number of thiocarbonyl (C=S) groups is 1. The zero-order valence-electron chi connectivity index (χ0n) is 12.6. The largest absolute Gasteiger partial charge is 0.465 e. The second-order valence-corrected chi connectivity index (χ2v) is 7.42. The van der Waals surface area contributed by atoms with E-state index in [0.717, 1.165) is 29.1 Å². The lowest BCUT2D eigenvalue weighted by atomic mass is 9.94. The number of hydrogen-bond donors (Lipinski definition) is 0. The number of nitrogens with zero attached hydrogens (tertiary/aromatic N) is 1. The second kappa shape index (κ2) is 6.84. The van der Waals surface area contributed by atoms with Crippen LogP contribution in [0.2, 0.25) is 0 Å². The highest BCUT2D eigenvalue weighted by Crippen LogP contribution is 2.36. The summed E-state index contributed by atoms with van der Waals surface area (Å²) in [6, 6.07) is 4.04. The lowest BCUT2D eigenvalue weighted by molar-refractivity contribution is -0.124. The summed E-state index contributed by atoms with van der Waals surface area (Å²) in [5.74, 6) is 0.852. The van der Waals surface area contributed by atoms with Crippen molar-refractivity contribution in [3.63, 3.8) is 0 Å². The summed E-state index contributed by atoms with van der Waals surface area (Å²) >= 11 is 6.85. The number of thioether (sulfide) groups is 1. The van der Waals surface area contributed by atoms with Crippen molar-refractivity contribution in [1.82, 2.24) is 4.90 Å². The summed E-state index contributed by atoms with van der Waals surface area (Å²) in [6.07, 6.45) is 11.3. The Morgan fingerprint density at radius 3 is 2.86 bits per heavy atom. The van der Waals surface area contributed by atoms with Gasteiger partial charge in [0.1, 0.15) is 10.1 Å². The van der Waals surface area contributed by atoms with E-state index in [4.69, 9.17) is 16.6 Å². The molecule has 3 nitrogen and oxygen atoms in total. The molecule has 2 aliphatic rings. The van der Waals surface area contributed by atoms with Crippen molar-refractivity contribution in [3.8, 4) is 0 Å². The van der Waals surface area contributed by atoms with Crippen molar-refractivity contribution < 1.29 is 9.21 Å². The van der Waals surface area contributed by atoms with Crippen LogP contribution >= 0.6 is 24.0 Å². The van der Waals surface area contributed by atoms with Crippen LogP contribution in [-0.4, -0.2) is 21.2 Å². The molecule has 0 radical (unpaired) electrons. The quantitative estimate of drug-likeness (QED) is 0.590. The smallest absolute Gasteiger partial charge is 0.266 e. The average molecular weight is 333 g/mol. The molecule has 0 unspecified atom stereocenters. The van der Waals surface area contributed by atoms with Gasteiger partial charge in [-0.1, -0.05) is 43.2 Å². The van der Waals surface area contributed by atoms with E-state index in [0.29, 0.717) is 10.4 Å². The first-order chi connectivity index (χ1) is 10.6. The van der Waals surface area contributed by atoms with Gasteiger partial charge >= 0.3 is 0 Å². The first-order valence-corrected chi connectivity index (χ1v) is 8.86. The Hall–Kier alpha value is -1.33. The maximum atomic E-state index is 12.7. The lowest BCUT2D eigenvalue weighted by Gasteiger charge is -2.29. The molecule has 1 saturated heterocycles. The van der Waals surface area contributed by atoms with E-state index in [1.807, 2.05) is 36.1 Å². The number of rotatable bonds is 3. The Labute approximate surface area is 140 Å². The number of amides is 1. The fourth-order valence-electron chi connectivity index (χ4n) is 2.98. The summed E-state index contributed by atoms with van der Waals surface area (Å²) in [7, 11) is 0. The molecule has 2 fully saturated rings. The molecule has 0 N–H and O–H groups in total. The fraction of sp³-hybridized carbons (Fsp3) is 0.412. The molecule has 1 aromatic heterocycles. The van der Waals surface area contributed by atoms with Crippen LogP contribution in [0.25, 0.3) is 6.08 Å². The Bertz CT molecular complexity index is 625. The van der Waals surface area contributed by atoms with Crippen molar-refractivity contribution in [2.24, 2.45) is 0 Å². The average Bonchev–Trinajstić information content (AvgIpc) is 3.09.